The van der Waals surface area contributed by atoms with Gasteiger partial charge >= 0.3 is 5.69 Å². The average molecular weight is 389 g/mol. The number of hydrogen-bond acceptors (Lipinski definition) is 6. The first-order valence-corrected chi connectivity index (χ1v) is 9.60. The monoisotopic (exact) mass is 389 g/mol. The Bertz CT molecular complexity index is 953. The molecule has 152 valence electrons. The number of aryl methyl sites for hydroxylation is 1. The molecule has 0 saturated carbocycles. The van der Waals surface area contributed by atoms with Gasteiger partial charge in [0.15, 0.2) is 0 Å². The van der Waals surface area contributed by atoms with Crippen LogP contribution in [0.5, 0.6) is 0 Å². The fraction of sp³-hybridized carbons (Fsp3) is 0.579. The van der Waals surface area contributed by atoms with Crippen LogP contribution in [0.15, 0.2) is 21.9 Å². The number of aromatic amines is 1. The number of methoxy groups -OCH3 is 1. The summed E-state index contributed by atoms with van der Waals surface area (Å²) < 4.78 is 6.79. The zero-order valence-electron chi connectivity index (χ0n) is 16.3. The molecule has 1 aliphatic rings. The first kappa shape index (κ1) is 20.2. The van der Waals surface area contributed by atoms with Crippen molar-refractivity contribution in [3.05, 3.63) is 38.7 Å². The van der Waals surface area contributed by atoms with Crippen LogP contribution in [-0.4, -0.2) is 53.8 Å². The lowest BCUT2D eigenvalue weighted by Crippen LogP contribution is -2.47. The summed E-state index contributed by atoms with van der Waals surface area (Å²) in [6, 6.07) is 1.49. The fourth-order valence-corrected chi connectivity index (χ4v) is 3.73. The van der Waals surface area contributed by atoms with Crippen molar-refractivity contribution < 1.29 is 9.53 Å². The summed E-state index contributed by atoms with van der Waals surface area (Å²) in [7, 11) is 1.67. The maximum atomic E-state index is 12.7. The third-order valence-corrected chi connectivity index (χ3v) is 5.28. The average Bonchev–Trinajstić information content (AvgIpc) is 2.70. The van der Waals surface area contributed by atoms with E-state index < -0.39 is 11.2 Å². The van der Waals surface area contributed by atoms with Crippen LogP contribution >= 0.6 is 0 Å². The van der Waals surface area contributed by atoms with Crippen molar-refractivity contribution in [1.82, 2.24) is 25.2 Å². The van der Waals surface area contributed by atoms with Crippen molar-refractivity contribution in [2.24, 2.45) is 5.41 Å². The van der Waals surface area contributed by atoms with Crippen molar-refractivity contribution >= 4 is 16.9 Å². The van der Waals surface area contributed by atoms with E-state index in [1.165, 1.54) is 16.8 Å². The van der Waals surface area contributed by atoms with Crippen LogP contribution < -0.4 is 21.9 Å². The molecule has 3 N–H and O–H groups in total. The van der Waals surface area contributed by atoms with Crippen LogP contribution in [0.4, 0.5) is 0 Å². The van der Waals surface area contributed by atoms with Gasteiger partial charge in [-0.25, -0.2) is 9.78 Å². The number of hydrogen-bond donors (Lipinski definition) is 3. The third-order valence-electron chi connectivity index (χ3n) is 5.28. The lowest BCUT2D eigenvalue weighted by atomic mass is 9.79. The number of carbonyl (C=O) groups excluding carboxylic acids is 1. The van der Waals surface area contributed by atoms with E-state index in [0.717, 1.165) is 32.4 Å². The molecule has 28 heavy (non-hydrogen) atoms. The molecule has 1 fully saturated rings. The largest absolute Gasteiger partial charge is 0.384 e. The first-order valence-electron chi connectivity index (χ1n) is 9.60. The lowest BCUT2D eigenvalue weighted by molar-refractivity contribution is 0.0511. The SMILES string of the molecule is CCCn1c(=O)[nH]c(=O)c2cc(C(=O)NCC3(COC)CCNCC3)cnc21. The highest BCUT2D eigenvalue weighted by Gasteiger charge is 2.32. The zero-order valence-corrected chi connectivity index (χ0v) is 16.3. The van der Waals surface area contributed by atoms with Crippen molar-refractivity contribution in [3.8, 4) is 0 Å². The quantitative estimate of drug-likeness (QED) is 0.624. The maximum absolute atomic E-state index is 12.7. The van der Waals surface area contributed by atoms with Crippen LogP contribution in [-0.2, 0) is 11.3 Å². The number of piperidine rings is 1. The molecule has 1 amide bonds. The van der Waals surface area contributed by atoms with Gasteiger partial charge in [0.05, 0.1) is 17.6 Å². The number of H-pyrrole nitrogens is 1. The Kier molecular flexibility index (Phi) is 6.25. The molecule has 0 atom stereocenters. The third kappa shape index (κ3) is 4.15. The molecule has 2 aromatic rings. The summed E-state index contributed by atoms with van der Waals surface area (Å²) in [4.78, 5) is 43.4. The molecular formula is C19H27N5O4. The number of aromatic nitrogens is 3. The van der Waals surface area contributed by atoms with Gasteiger partial charge in [0.2, 0.25) is 0 Å². The number of nitrogens with zero attached hydrogens (tertiary/aromatic N) is 2. The van der Waals surface area contributed by atoms with E-state index in [9.17, 15) is 14.4 Å². The van der Waals surface area contributed by atoms with E-state index in [-0.39, 0.29) is 16.7 Å². The van der Waals surface area contributed by atoms with Crippen molar-refractivity contribution in [2.75, 3.05) is 33.4 Å². The number of ether oxygens (including phenoxy) is 1. The fourth-order valence-electron chi connectivity index (χ4n) is 3.73. The topological polar surface area (TPSA) is 118 Å². The van der Waals surface area contributed by atoms with Gasteiger partial charge < -0.3 is 15.4 Å². The van der Waals surface area contributed by atoms with Crippen molar-refractivity contribution in [3.63, 3.8) is 0 Å². The van der Waals surface area contributed by atoms with Gasteiger partial charge in [0, 0.05) is 31.8 Å². The Morgan fingerprint density at radius 2 is 2.11 bits per heavy atom. The standard InChI is InChI=1S/C19H27N5O4/c1-3-8-24-15-14(17(26)23-18(24)27)9-13(10-21-15)16(25)22-11-19(12-28-2)4-6-20-7-5-19/h9-10,20H,3-8,11-12H2,1-2H3,(H,22,25)(H,23,26,27). The Hall–Kier alpha value is -2.52. The molecule has 0 radical (unpaired) electrons. The van der Waals surface area contributed by atoms with E-state index in [2.05, 4.69) is 20.6 Å². The number of fused-ring (bicyclic) bond motifs is 1. The predicted molar refractivity (Wildman–Crippen MR) is 106 cm³/mol. The minimum atomic E-state index is -0.538. The van der Waals surface area contributed by atoms with Gasteiger partial charge in [-0.3, -0.25) is 19.1 Å². The van der Waals surface area contributed by atoms with Crippen LogP contribution in [0.25, 0.3) is 11.0 Å². The van der Waals surface area contributed by atoms with Gasteiger partial charge in [0.1, 0.15) is 5.65 Å². The van der Waals surface area contributed by atoms with Crippen molar-refractivity contribution in [1.29, 1.82) is 0 Å². The van der Waals surface area contributed by atoms with Crippen LogP contribution in [0.3, 0.4) is 0 Å². The first-order chi connectivity index (χ1) is 13.5. The number of rotatable bonds is 7. The number of carbonyl (C=O) groups is 1. The lowest BCUT2D eigenvalue weighted by Gasteiger charge is -2.37. The van der Waals surface area contributed by atoms with Crippen LogP contribution in [0.1, 0.15) is 36.5 Å². The Morgan fingerprint density at radius 3 is 2.79 bits per heavy atom. The van der Waals surface area contributed by atoms with Crippen molar-refractivity contribution in [2.45, 2.75) is 32.7 Å². The van der Waals surface area contributed by atoms with Gasteiger partial charge in [-0.05, 0) is 38.4 Å². The molecule has 1 aliphatic heterocycles. The number of nitrogens with one attached hydrogen (secondary N) is 3. The number of amides is 1. The Labute approximate surface area is 162 Å². The van der Waals surface area contributed by atoms with Gasteiger partial charge in [0.25, 0.3) is 11.5 Å². The van der Waals surface area contributed by atoms with E-state index in [4.69, 9.17) is 4.74 Å². The summed E-state index contributed by atoms with van der Waals surface area (Å²) in [5, 5.41) is 6.51. The molecule has 0 spiro atoms. The second kappa shape index (κ2) is 8.66. The Morgan fingerprint density at radius 1 is 1.36 bits per heavy atom. The normalized spacial score (nSPS) is 16.2. The predicted octanol–water partition coefficient (Wildman–Crippen LogP) is 0.241. The molecule has 3 rings (SSSR count). The molecule has 9 heteroatoms. The molecule has 3 heterocycles. The van der Waals surface area contributed by atoms with Crippen LogP contribution in [0, 0.1) is 5.41 Å². The summed E-state index contributed by atoms with van der Waals surface area (Å²) in [5.41, 5.74) is -0.540. The second-order valence-electron chi connectivity index (χ2n) is 7.37. The van der Waals surface area contributed by atoms with Gasteiger partial charge in [-0.1, -0.05) is 6.92 Å². The highest BCUT2D eigenvalue weighted by molar-refractivity contribution is 5.96. The molecule has 2 aromatic heterocycles. The smallest absolute Gasteiger partial charge is 0.329 e. The summed E-state index contributed by atoms with van der Waals surface area (Å²) in [6.07, 6.45) is 3.97. The summed E-state index contributed by atoms with van der Waals surface area (Å²) in [5.74, 6) is -0.295. The van der Waals surface area contributed by atoms with Gasteiger partial charge in [-0.15, -0.1) is 0 Å². The van der Waals surface area contributed by atoms with E-state index >= 15 is 0 Å². The molecule has 0 unspecified atom stereocenters. The summed E-state index contributed by atoms with van der Waals surface area (Å²) in [6.45, 7) is 5.22. The maximum Gasteiger partial charge on any atom is 0.329 e. The molecule has 0 aliphatic carbocycles. The zero-order chi connectivity index (χ0) is 20.1. The molecule has 1 saturated heterocycles. The number of pyridine rings is 1. The highest BCUT2D eigenvalue weighted by Crippen LogP contribution is 2.28. The summed E-state index contributed by atoms with van der Waals surface area (Å²) >= 11 is 0. The van der Waals surface area contributed by atoms with E-state index in [1.54, 1.807) is 7.11 Å². The molecule has 9 nitrogen and oxygen atoms in total. The minimum absolute atomic E-state index is 0.0982. The van der Waals surface area contributed by atoms with E-state index in [1.807, 2.05) is 6.92 Å². The van der Waals surface area contributed by atoms with Crippen LogP contribution in [0.2, 0.25) is 0 Å². The second-order valence-corrected chi connectivity index (χ2v) is 7.37. The highest BCUT2D eigenvalue weighted by atomic mass is 16.5. The molecular weight excluding hydrogens is 362 g/mol. The molecule has 0 bridgehead atoms. The Balaban J connectivity index is 1.84. The van der Waals surface area contributed by atoms with E-state index in [0.29, 0.717) is 30.9 Å². The minimum Gasteiger partial charge on any atom is -0.384 e. The van der Waals surface area contributed by atoms with Gasteiger partial charge in [-0.2, -0.15) is 0 Å². The molecule has 0 aromatic carbocycles.